The fourth-order valence-corrected chi connectivity index (χ4v) is 19.3. The van der Waals surface area contributed by atoms with Crippen molar-refractivity contribution in [3.63, 3.8) is 0 Å². The van der Waals surface area contributed by atoms with E-state index in [1.54, 1.807) is 0 Å². The van der Waals surface area contributed by atoms with E-state index < -0.39 is 43.6 Å². The van der Waals surface area contributed by atoms with Gasteiger partial charge in [0.1, 0.15) is 0 Å². The van der Waals surface area contributed by atoms with E-state index in [1.165, 1.54) is 42.4 Å². The van der Waals surface area contributed by atoms with E-state index >= 15 is 0 Å². The molecule has 0 amide bonds. The minimum atomic E-state index is -0.969. The molecule has 0 fully saturated rings. The van der Waals surface area contributed by atoms with Crippen molar-refractivity contribution in [1.82, 2.24) is 0 Å². The summed E-state index contributed by atoms with van der Waals surface area (Å²) in [6, 6.07) is 84.0. The van der Waals surface area contributed by atoms with Gasteiger partial charge in [-0.2, -0.15) is 0 Å². The second kappa shape index (κ2) is 27.8. The second-order valence-corrected chi connectivity index (χ2v) is 25.4. The van der Waals surface area contributed by atoms with Gasteiger partial charge in [-0.1, -0.05) is 243 Å². The molecule has 0 aliphatic rings. The standard InChI is InChI=1S/2C29H28O2P2.Pd/c2*30-29(31)23-28(33(26-17-9-3-10-18-26)27-19-11-4-12-20-27)21-22-32(24-13-5-1-6-14-24)25-15-7-2-8-16-25;/h2*1-20,28H,21-23H2,(H,30,31);/q;;+2/p-2. The van der Waals surface area contributed by atoms with Gasteiger partial charge in [-0.15, -0.1) is 0 Å². The molecule has 8 rings (SSSR count). The SMILES string of the molecule is O=C([O-])CC(CCP(c1ccccc1)c1ccccc1)P(c1ccccc1)c1ccccc1.O=C([O-])CC(CCP(c1ccccc1)c1ccccc1)P(c1ccccc1)c1ccccc1.[Pd+2]. The topological polar surface area (TPSA) is 80.3 Å². The van der Waals surface area contributed by atoms with Crippen LogP contribution in [0.4, 0.5) is 0 Å². The molecule has 4 nitrogen and oxygen atoms in total. The molecule has 0 bridgehead atoms. The summed E-state index contributed by atoms with van der Waals surface area (Å²) in [5, 5.41) is 33.9. The molecule has 0 radical (unpaired) electrons. The molecule has 0 spiro atoms. The third kappa shape index (κ3) is 15.6. The summed E-state index contributed by atoms with van der Waals surface area (Å²) in [6.07, 6.45) is 3.70. The maximum Gasteiger partial charge on any atom is 2.00 e. The number of aliphatic carboxylic acids is 2. The largest absolute Gasteiger partial charge is 2.00 e. The van der Waals surface area contributed by atoms with Crippen molar-refractivity contribution >= 4 is 86.1 Å². The first-order chi connectivity index (χ1) is 32.4. The molecule has 9 heteroatoms. The molecule has 2 unspecified atom stereocenters. The molecular formula is C58H54O4P4Pd. The van der Waals surface area contributed by atoms with Gasteiger partial charge >= 0.3 is 20.4 Å². The van der Waals surface area contributed by atoms with Crippen LogP contribution in [-0.2, 0) is 30.0 Å². The zero-order chi connectivity index (χ0) is 45.8. The molecule has 0 aromatic heterocycles. The molecule has 0 saturated heterocycles. The van der Waals surface area contributed by atoms with Gasteiger partial charge in [-0.05, 0) is 123 Å². The summed E-state index contributed by atoms with van der Waals surface area (Å²) >= 11 is 0. The van der Waals surface area contributed by atoms with Crippen LogP contribution < -0.4 is 52.6 Å². The first-order valence-electron chi connectivity index (χ1n) is 22.4. The molecule has 0 aliphatic carbocycles. The Morgan fingerprint density at radius 3 is 0.672 bits per heavy atom. The van der Waals surface area contributed by atoms with Crippen molar-refractivity contribution in [2.45, 2.75) is 37.0 Å². The molecule has 8 aromatic rings. The van der Waals surface area contributed by atoms with Crippen LogP contribution in [0.15, 0.2) is 243 Å². The molecule has 67 heavy (non-hydrogen) atoms. The van der Waals surface area contributed by atoms with E-state index in [2.05, 4.69) is 146 Å². The van der Waals surface area contributed by atoms with Crippen LogP contribution in [0.3, 0.4) is 0 Å². The number of carbonyl (C=O) groups excluding carboxylic acids is 2. The Morgan fingerprint density at radius 2 is 0.493 bits per heavy atom. The summed E-state index contributed by atoms with van der Waals surface area (Å²) in [7, 11) is -2.80. The summed E-state index contributed by atoms with van der Waals surface area (Å²) < 4.78 is 0. The Kier molecular flexibility index (Phi) is 21.3. The van der Waals surface area contributed by atoms with Gasteiger partial charge in [-0.3, -0.25) is 0 Å². The Bertz CT molecular complexity index is 2270. The number of hydrogen-bond acceptors (Lipinski definition) is 4. The van der Waals surface area contributed by atoms with Crippen LogP contribution in [0.25, 0.3) is 0 Å². The van der Waals surface area contributed by atoms with Gasteiger partial charge in [0.05, 0.1) is 0 Å². The van der Waals surface area contributed by atoms with Gasteiger partial charge in [0.2, 0.25) is 0 Å². The molecule has 8 aromatic carbocycles. The quantitative estimate of drug-likeness (QED) is 0.0569. The molecular weight excluding hydrogens is 991 g/mol. The number of carboxylic acids is 2. The monoisotopic (exact) mass is 1040 g/mol. The molecule has 0 saturated carbocycles. The van der Waals surface area contributed by atoms with Crippen LogP contribution in [0.2, 0.25) is 0 Å². The van der Waals surface area contributed by atoms with Crippen LogP contribution in [0.5, 0.6) is 0 Å². The number of hydrogen-bond donors (Lipinski definition) is 0. The number of benzene rings is 8. The zero-order valence-corrected chi connectivity index (χ0v) is 42.4. The van der Waals surface area contributed by atoms with Crippen molar-refractivity contribution < 1.29 is 40.2 Å². The van der Waals surface area contributed by atoms with Crippen LogP contribution in [-0.4, -0.2) is 35.6 Å². The van der Waals surface area contributed by atoms with Gasteiger partial charge in [0, 0.05) is 11.9 Å². The van der Waals surface area contributed by atoms with E-state index in [0.29, 0.717) is 0 Å². The maximum absolute atomic E-state index is 11.9. The summed E-state index contributed by atoms with van der Waals surface area (Å²) in [5.74, 6) is -1.94. The summed E-state index contributed by atoms with van der Waals surface area (Å²) in [6.45, 7) is 0. The van der Waals surface area contributed by atoms with Gasteiger partial charge in [0.15, 0.2) is 0 Å². The Balaban J connectivity index is 0.000000218. The molecule has 0 aliphatic heterocycles. The van der Waals surface area contributed by atoms with Crippen molar-refractivity contribution in [3.05, 3.63) is 243 Å². The predicted octanol–water partition coefficient (Wildman–Crippen LogP) is 8.30. The summed E-state index contributed by atoms with van der Waals surface area (Å²) in [4.78, 5) is 23.7. The van der Waals surface area contributed by atoms with Crippen LogP contribution >= 0.6 is 31.7 Å². The Morgan fingerprint density at radius 1 is 0.313 bits per heavy atom. The fourth-order valence-electron chi connectivity index (χ4n) is 8.33. The normalized spacial score (nSPS) is 11.9. The van der Waals surface area contributed by atoms with Crippen molar-refractivity contribution in [2.24, 2.45) is 0 Å². The fraction of sp³-hybridized carbons (Fsp3) is 0.138. The maximum atomic E-state index is 11.9. The van der Waals surface area contributed by atoms with Crippen molar-refractivity contribution in [1.29, 1.82) is 0 Å². The third-order valence-corrected chi connectivity index (χ3v) is 22.2. The zero-order valence-electron chi connectivity index (χ0n) is 37.2. The molecule has 0 heterocycles. The second-order valence-electron chi connectivity index (χ2n) is 15.8. The van der Waals surface area contributed by atoms with Gasteiger partial charge < -0.3 is 19.8 Å². The minimum Gasteiger partial charge on any atom is -0.550 e. The summed E-state index contributed by atoms with van der Waals surface area (Å²) in [5.41, 5.74) is 0.0134. The molecule has 340 valence electrons. The first kappa shape index (κ1) is 51.5. The van der Waals surface area contributed by atoms with Crippen LogP contribution in [0.1, 0.15) is 25.7 Å². The number of rotatable bonds is 20. The van der Waals surface area contributed by atoms with E-state index in [0.717, 1.165) is 25.2 Å². The average Bonchev–Trinajstić information content (AvgIpc) is 3.37. The number of carbonyl (C=O) groups is 2. The Labute approximate surface area is 415 Å². The van der Waals surface area contributed by atoms with Gasteiger partial charge in [-0.25, -0.2) is 0 Å². The number of carboxylic acid groups (broad SMARTS) is 2. The third-order valence-electron chi connectivity index (χ3n) is 11.3. The minimum absolute atomic E-state index is 0. The van der Waals surface area contributed by atoms with Crippen LogP contribution in [0, 0.1) is 0 Å². The van der Waals surface area contributed by atoms with E-state index in [4.69, 9.17) is 0 Å². The van der Waals surface area contributed by atoms with E-state index in [9.17, 15) is 19.8 Å². The van der Waals surface area contributed by atoms with Crippen molar-refractivity contribution in [3.8, 4) is 0 Å². The Hall–Kier alpha value is -4.92. The smallest absolute Gasteiger partial charge is 0.550 e. The predicted molar refractivity (Wildman–Crippen MR) is 282 cm³/mol. The van der Waals surface area contributed by atoms with Crippen molar-refractivity contribution in [2.75, 3.05) is 12.3 Å². The van der Waals surface area contributed by atoms with E-state index in [-0.39, 0.29) is 44.6 Å². The molecule has 0 N–H and O–H groups in total. The molecule has 2 atom stereocenters. The average molecular weight is 1050 g/mol. The van der Waals surface area contributed by atoms with Gasteiger partial charge in [0.25, 0.3) is 0 Å². The van der Waals surface area contributed by atoms with E-state index in [1.807, 2.05) is 97.1 Å². The first-order valence-corrected chi connectivity index (χ1v) is 28.3.